The summed E-state index contributed by atoms with van der Waals surface area (Å²) < 4.78 is 13.2. The van der Waals surface area contributed by atoms with Gasteiger partial charge in [0.1, 0.15) is 17.4 Å². The quantitative estimate of drug-likeness (QED) is 0.487. The molecule has 1 aliphatic rings. The summed E-state index contributed by atoms with van der Waals surface area (Å²) in [4.78, 5) is 45.8. The molecule has 1 aromatic carbocycles. The second-order valence-electron chi connectivity index (χ2n) is 4.44. The summed E-state index contributed by atoms with van der Waals surface area (Å²) in [6.07, 6.45) is -0.232. The molecule has 110 valence electrons. The molecule has 3 amide bonds. The molecule has 1 aliphatic heterocycles. The molecule has 0 aliphatic carbocycles. The molecule has 1 aromatic rings. The third-order valence-corrected chi connectivity index (χ3v) is 3.09. The number of nitrogens with zero attached hydrogens (tertiary/aromatic N) is 2. The van der Waals surface area contributed by atoms with Gasteiger partial charge in [0, 0.05) is 13.1 Å². The fraction of sp³-hybridized carbons (Fsp3) is 0.250. The normalized spacial score (nSPS) is 18.0. The van der Waals surface area contributed by atoms with Crippen molar-refractivity contribution in [2.75, 3.05) is 7.05 Å². The SMILES string of the molecule is CN1C(=O)CC(NC(=O)c2cc(F)ccc2[N+](=O)[O-])C1=O. The van der Waals surface area contributed by atoms with E-state index in [1.54, 1.807) is 0 Å². The average molecular weight is 295 g/mol. The second kappa shape index (κ2) is 5.27. The molecule has 1 N–H and O–H groups in total. The number of nitro benzene ring substituents is 1. The highest BCUT2D eigenvalue weighted by molar-refractivity contribution is 6.08. The highest BCUT2D eigenvalue weighted by atomic mass is 19.1. The van der Waals surface area contributed by atoms with Crippen molar-refractivity contribution in [1.29, 1.82) is 0 Å². The van der Waals surface area contributed by atoms with Gasteiger partial charge in [-0.15, -0.1) is 0 Å². The van der Waals surface area contributed by atoms with E-state index in [0.29, 0.717) is 6.07 Å². The minimum atomic E-state index is -1.10. The number of nitrogens with one attached hydrogen (secondary N) is 1. The number of carbonyl (C=O) groups excluding carboxylic acids is 3. The number of carbonyl (C=O) groups is 3. The van der Waals surface area contributed by atoms with Gasteiger partial charge in [0.05, 0.1) is 11.3 Å². The molecule has 8 nitrogen and oxygen atoms in total. The van der Waals surface area contributed by atoms with Crippen LogP contribution in [0.4, 0.5) is 10.1 Å². The van der Waals surface area contributed by atoms with Crippen LogP contribution in [0.15, 0.2) is 18.2 Å². The molecule has 1 heterocycles. The van der Waals surface area contributed by atoms with E-state index in [9.17, 15) is 28.9 Å². The van der Waals surface area contributed by atoms with Gasteiger partial charge < -0.3 is 5.32 Å². The van der Waals surface area contributed by atoms with E-state index < -0.39 is 45.8 Å². The number of amides is 3. The lowest BCUT2D eigenvalue weighted by Crippen LogP contribution is -2.40. The molecule has 21 heavy (non-hydrogen) atoms. The highest BCUT2D eigenvalue weighted by Gasteiger charge is 2.37. The van der Waals surface area contributed by atoms with Gasteiger partial charge in [0.25, 0.3) is 17.5 Å². The van der Waals surface area contributed by atoms with Crippen LogP contribution in [0.3, 0.4) is 0 Å². The molecule has 9 heteroatoms. The zero-order valence-electron chi connectivity index (χ0n) is 10.8. The first-order valence-corrected chi connectivity index (χ1v) is 5.86. The standard InChI is InChI=1S/C12H10FN3O5/c1-15-10(17)5-8(12(15)19)14-11(18)7-4-6(13)2-3-9(7)16(20)21/h2-4,8H,5H2,1H3,(H,14,18). The number of hydrogen-bond acceptors (Lipinski definition) is 5. The van der Waals surface area contributed by atoms with Crippen molar-refractivity contribution in [2.45, 2.75) is 12.5 Å². The Bertz CT molecular complexity index is 660. The van der Waals surface area contributed by atoms with E-state index in [0.717, 1.165) is 17.0 Å². The van der Waals surface area contributed by atoms with Gasteiger partial charge >= 0.3 is 0 Å². The first-order chi connectivity index (χ1) is 9.81. The van der Waals surface area contributed by atoms with Gasteiger partial charge in [0.2, 0.25) is 5.91 Å². The minimum absolute atomic E-state index is 0.232. The number of likely N-dealkylation sites (N-methyl/N-ethyl adjacent to an activating group) is 1. The average Bonchev–Trinajstić information content (AvgIpc) is 2.66. The molecule has 0 aromatic heterocycles. The van der Waals surface area contributed by atoms with Crippen molar-refractivity contribution in [3.05, 3.63) is 39.7 Å². The van der Waals surface area contributed by atoms with Crippen LogP contribution in [-0.4, -0.2) is 40.6 Å². The monoisotopic (exact) mass is 295 g/mol. The third kappa shape index (κ3) is 2.71. The summed E-state index contributed by atoms with van der Waals surface area (Å²) in [5.74, 6) is -2.90. The lowest BCUT2D eigenvalue weighted by molar-refractivity contribution is -0.385. The van der Waals surface area contributed by atoms with Crippen molar-refractivity contribution >= 4 is 23.4 Å². The summed E-state index contributed by atoms with van der Waals surface area (Å²) >= 11 is 0. The van der Waals surface area contributed by atoms with Crippen molar-refractivity contribution < 1.29 is 23.7 Å². The van der Waals surface area contributed by atoms with Crippen LogP contribution in [-0.2, 0) is 9.59 Å². The molecule has 1 saturated heterocycles. The van der Waals surface area contributed by atoms with E-state index in [-0.39, 0.29) is 6.42 Å². The zero-order chi connectivity index (χ0) is 15.7. The number of rotatable bonds is 3. The smallest absolute Gasteiger partial charge is 0.282 e. The van der Waals surface area contributed by atoms with Crippen molar-refractivity contribution in [2.24, 2.45) is 0 Å². The number of hydrogen-bond donors (Lipinski definition) is 1. The first-order valence-electron chi connectivity index (χ1n) is 5.86. The lowest BCUT2D eigenvalue weighted by Gasteiger charge is -2.11. The highest BCUT2D eigenvalue weighted by Crippen LogP contribution is 2.20. The molecule has 1 fully saturated rings. The van der Waals surface area contributed by atoms with E-state index in [2.05, 4.69) is 5.32 Å². The summed E-state index contributed by atoms with van der Waals surface area (Å²) in [6, 6.07) is 1.32. The molecular weight excluding hydrogens is 285 g/mol. The summed E-state index contributed by atoms with van der Waals surface area (Å²) in [7, 11) is 1.27. The number of nitro groups is 1. The minimum Gasteiger partial charge on any atom is -0.339 e. The maximum absolute atomic E-state index is 13.2. The van der Waals surface area contributed by atoms with Crippen LogP contribution in [0.2, 0.25) is 0 Å². The van der Waals surface area contributed by atoms with Crippen molar-refractivity contribution in [3.63, 3.8) is 0 Å². The third-order valence-electron chi connectivity index (χ3n) is 3.09. The van der Waals surface area contributed by atoms with Gasteiger partial charge in [-0.1, -0.05) is 0 Å². The Labute approximate surface area is 117 Å². The molecule has 2 rings (SSSR count). The summed E-state index contributed by atoms with van der Waals surface area (Å²) in [6.45, 7) is 0. The second-order valence-corrected chi connectivity index (χ2v) is 4.44. The Morgan fingerprint density at radius 2 is 2.14 bits per heavy atom. The maximum atomic E-state index is 13.2. The molecule has 0 spiro atoms. The van der Waals surface area contributed by atoms with Crippen LogP contribution in [0.1, 0.15) is 16.8 Å². The summed E-state index contributed by atoms with van der Waals surface area (Å²) in [5.41, 5.74) is -1.09. The molecular formula is C12H10FN3O5. The molecule has 1 atom stereocenters. The Morgan fingerprint density at radius 3 is 2.67 bits per heavy atom. The van der Waals surface area contributed by atoms with Gasteiger partial charge in [-0.3, -0.25) is 29.4 Å². The van der Waals surface area contributed by atoms with Crippen molar-refractivity contribution in [1.82, 2.24) is 10.2 Å². The molecule has 0 bridgehead atoms. The molecule has 0 saturated carbocycles. The largest absolute Gasteiger partial charge is 0.339 e. The van der Waals surface area contributed by atoms with Crippen LogP contribution in [0, 0.1) is 15.9 Å². The van der Waals surface area contributed by atoms with Gasteiger partial charge in [-0.05, 0) is 12.1 Å². The maximum Gasteiger partial charge on any atom is 0.282 e. The number of imide groups is 1. The van der Waals surface area contributed by atoms with Crippen LogP contribution < -0.4 is 5.32 Å². The Balaban J connectivity index is 2.25. The Kier molecular flexibility index (Phi) is 3.66. The predicted molar refractivity (Wildman–Crippen MR) is 66.7 cm³/mol. The fourth-order valence-corrected chi connectivity index (χ4v) is 1.95. The van der Waals surface area contributed by atoms with Gasteiger partial charge in [-0.2, -0.15) is 0 Å². The van der Waals surface area contributed by atoms with Gasteiger partial charge in [0.15, 0.2) is 0 Å². The number of benzene rings is 1. The fourth-order valence-electron chi connectivity index (χ4n) is 1.95. The van der Waals surface area contributed by atoms with E-state index in [1.165, 1.54) is 7.05 Å². The van der Waals surface area contributed by atoms with Crippen LogP contribution >= 0.6 is 0 Å². The topological polar surface area (TPSA) is 110 Å². The van der Waals surface area contributed by atoms with Crippen molar-refractivity contribution in [3.8, 4) is 0 Å². The van der Waals surface area contributed by atoms with Gasteiger partial charge in [-0.25, -0.2) is 4.39 Å². The lowest BCUT2D eigenvalue weighted by atomic mass is 10.1. The van der Waals surface area contributed by atoms with E-state index in [1.807, 2.05) is 0 Å². The Morgan fingerprint density at radius 1 is 1.48 bits per heavy atom. The predicted octanol–water partition coefficient (Wildman–Crippen LogP) is 0.221. The molecule has 0 radical (unpaired) electrons. The van der Waals surface area contributed by atoms with E-state index in [4.69, 9.17) is 0 Å². The summed E-state index contributed by atoms with van der Waals surface area (Å²) in [5, 5.41) is 13.0. The van der Waals surface area contributed by atoms with E-state index >= 15 is 0 Å². The Hall–Kier alpha value is -2.84. The van der Waals surface area contributed by atoms with Crippen LogP contribution in [0.5, 0.6) is 0 Å². The number of likely N-dealkylation sites (tertiary alicyclic amines) is 1. The number of halogens is 1. The first kappa shape index (κ1) is 14.6. The molecule has 1 unspecified atom stereocenters. The van der Waals surface area contributed by atoms with Crippen LogP contribution in [0.25, 0.3) is 0 Å². The zero-order valence-corrected chi connectivity index (χ0v) is 10.8.